The van der Waals surface area contributed by atoms with E-state index in [4.69, 9.17) is 0 Å². The monoisotopic (exact) mass is 442 g/mol. The number of fused-ring (bicyclic) bond motifs is 7. The third kappa shape index (κ3) is 2.66. The van der Waals surface area contributed by atoms with Crippen molar-refractivity contribution in [2.24, 2.45) is 56.7 Å². The molecule has 5 aliphatic rings. The van der Waals surface area contributed by atoms with Crippen LogP contribution in [-0.4, -0.2) is 22.9 Å². The molecule has 32 heavy (non-hydrogen) atoms. The minimum absolute atomic E-state index is 0.0290. The van der Waals surface area contributed by atoms with Crippen LogP contribution in [0.1, 0.15) is 106 Å². The van der Waals surface area contributed by atoms with Gasteiger partial charge in [0.05, 0.1) is 6.10 Å². The van der Waals surface area contributed by atoms with E-state index in [1.165, 1.54) is 63.4 Å². The molecule has 0 aromatic carbocycles. The lowest BCUT2D eigenvalue weighted by atomic mass is 9.32. The number of hydrogen-bond donors (Lipinski definition) is 2. The third-order valence-corrected chi connectivity index (χ3v) is 13.5. The molecular formula is C30H50O2. The van der Waals surface area contributed by atoms with Gasteiger partial charge < -0.3 is 10.2 Å². The van der Waals surface area contributed by atoms with Gasteiger partial charge in [-0.05, 0) is 128 Å². The zero-order valence-electron chi connectivity index (χ0n) is 21.8. The summed E-state index contributed by atoms with van der Waals surface area (Å²) in [6.07, 6.45) is 12.2. The van der Waals surface area contributed by atoms with E-state index in [-0.39, 0.29) is 16.9 Å². The Morgan fingerprint density at radius 2 is 1.53 bits per heavy atom. The van der Waals surface area contributed by atoms with Gasteiger partial charge in [0.2, 0.25) is 0 Å². The van der Waals surface area contributed by atoms with Gasteiger partial charge in [0.25, 0.3) is 0 Å². The molecule has 2 heteroatoms. The lowest BCUT2D eigenvalue weighted by Crippen LogP contribution is -2.66. The molecule has 3 unspecified atom stereocenters. The zero-order valence-corrected chi connectivity index (χ0v) is 21.8. The molecule has 10 atom stereocenters. The van der Waals surface area contributed by atoms with Crippen molar-refractivity contribution in [2.75, 3.05) is 6.61 Å². The fourth-order valence-electron chi connectivity index (χ4n) is 11.5. The van der Waals surface area contributed by atoms with Crippen LogP contribution in [0.3, 0.4) is 0 Å². The molecule has 0 spiro atoms. The summed E-state index contributed by atoms with van der Waals surface area (Å²) in [6.45, 7) is 19.7. The van der Waals surface area contributed by atoms with Crippen molar-refractivity contribution < 1.29 is 10.2 Å². The third-order valence-electron chi connectivity index (χ3n) is 13.5. The highest BCUT2D eigenvalue weighted by atomic mass is 16.3. The molecule has 2 nitrogen and oxygen atoms in total. The van der Waals surface area contributed by atoms with Crippen LogP contribution in [-0.2, 0) is 0 Å². The van der Waals surface area contributed by atoms with Gasteiger partial charge in [0.15, 0.2) is 0 Å². The predicted molar refractivity (Wildman–Crippen MR) is 132 cm³/mol. The lowest BCUT2D eigenvalue weighted by molar-refractivity contribution is -0.249. The second-order valence-electron chi connectivity index (χ2n) is 14.6. The Hall–Kier alpha value is -0.340. The van der Waals surface area contributed by atoms with Crippen molar-refractivity contribution in [1.82, 2.24) is 0 Å². The molecule has 0 aromatic heterocycles. The number of aliphatic hydroxyl groups is 2. The molecule has 0 heterocycles. The van der Waals surface area contributed by atoms with E-state index in [9.17, 15) is 10.2 Å². The molecule has 0 aromatic rings. The first kappa shape index (κ1) is 23.4. The first-order valence-corrected chi connectivity index (χ1v) is 13.8. The SMILES string of the molecule is C=C(C)[C@@H]1CC[C@]2(CO)CC[C@]3(C)C(CCC4[C@@]5(C)CC[C@H](O)C(C)(C)C5CC[C@]43C)[C@@H]12. The van der Waals surface area contributed by atoms with E-state index < -0.39 is 0 Å². The summed E-state index contributed by atoms with van der Waals surface area (Å²) in [5, 5.41) is 21.5. The minimum Gasteiger partial charge on any atom is -0.396 e. The summed E-state index contributed by atoms with van der Waals surface area (Å²) in [5.74, 6) is 3.33. The van der Waals surface area contributed by atoms with E-state index in [0.717, 1.165) is 18.3 Å². The van der Waals surface area contributed by atoms with Crippen LogP contribution in [0.5, 0.6) is 0 Å². The Bertz CT molecular complexity index is 786. The first-order valence-electron chi connectivity index (χ1n) is 13.8. The smallest absolute Gasteiger partial charge is 0.0594 e. The van der Waals surface area contributed by atoms with Crippen LogP contribution < -0.4 is 0 Å². The van der Waals surface area contributed by atoms with Crippen LogP contribution in [0.2, 0.25) is 0 Å². The van der Waals surface area contributed by atoms with Gasteiger partial charge in [-0.3, -0.25) is 0 Å². The Kier molecular flexibility index (Phi) is 5.19. The molecule has 0 aliphatic heterocycles. The Labute approximate surface area is 197 Å². The molecule has 182 valence electrons. The van der Waals surface area contributed by atoms with Gasteiger partial charge in [-0.25, -0.2) is 0 Å². The van der Waals surface area contributed by atoms with Gasteiger partial charge in [0.1, 0.15) is 0 Å². The van der Waals surface area contributed by atoms with E-state index in [0.29, 0.717) is 40.6 Å². The van der Waals surface area contributed by atoms with Gasteiger partial charge in [-0.2, -0.15) is 0 Å². The van der Waals surface area contributed by atoms with Crippen molar-refractivity contribution in [1.29, 1.82) is 0 Å². The topological polar surface area (TPSA) is 40.5 Å². The van der Waals surface area contributed by atoms with Crippen molar-refractivity contribution >= 4 is 0 Å². The molecule has 0 bridgehead atoms. The average molecular weight is 443 g/mol. The highest BCUT2D eigenvalue weighted by molar-refractivity contribution is 5.21. The van der Waals surface area contributed by atoms with E-state index in [1.54, 1.807) is 0 Å². The number of allylic oxidation sites excluding steroid dienone is 1. The van der Waals surface area contributed by atoms with E-state index in [2.05, 4.69) is 48.1 Å². The van der Waals surface area contributed by atoms with Crippen LogP contribution in [0.15, 0.2) is 12.2 Å². The van der Waals surface area contributed by atoms with Gasteiger partial charge in [0, 0.05) is 6.61 Å². The Morgan fingerprint density at radius 3 is 2.19 bits per heavy atom. The number of rotatable bonds is 2. The summed E-state index contributed by atoms with van der Waals surface area (Å²) in [7, 11) is 0. The van der Waals surface area contributed by atoms with E-state index >= 15 is 0 Å². The fourth-order valence-corrected chi connectivity index (χ4v) is 11.5. The van der Waals surface area contributed by atoms with Crippen molar-refractivity contribution in [3.05, 3.63) is 12.2 Å². The first-order chi connectivity index (χ1) is 14.9. The highest BCUT2D eigenvalue weighted by Crippen LogP contribution is 2.77. The highest BCUT2D eigenvalue weighted by Gasteiger charge is 2.70. The molecule has 2 N–H and O–H groups in total. The molecule has 5 aliphatic carbocycles. The second kappa shape index (κ2) is 7.09. The molecule has 5 fully saturated rings. The van der Waals surface area contributed by atoms with Crippen LogP contribution >= 0.6 is 0 Å². The largest absolute Gasteiger partial charge is 0.396 e. The molecule has 5 rings (SSSR count). The summed E-state index contributed by atoms with van der Waals surface area (Å²) in [6, 6.07) is 0. The van der Waals surface area contributed by atoms with Crippen molar-refractivity contribution in [3.8, 4) is 0 Å². The van der Waals surface area contributed by atoms with Gasteiger partial charge in [-0.15, -0.1) is 0 Å². The Balaban J connectivity index is 1.55. The van der Waals surface area contributed by atoms with E-state index in [1.807, 2.05) is 0 Å². The zero-order chi connectivity index (χ0) is 23.3. The Morgan fingerprint density at radius 1 is 0.812 bits per heavy atom. The van der Waals surface area contributed by atoms with Crippen molar-refractivity contribution in [2.45, 2.75) is 112 Å². The number of hydrogen-bond acceptors (Lipinski definition) is 2. The minimum atomic E-state index is -0.147. The normalized spacial score (nSPS) is 56.5. The van der Waals surface area contributed by atoms with Crippen LogP contribution in [0, 0.1) is 56.7 Å². The number of aliphatic hydroxyl groups excluding tert-OH is 2. The maximum absolute atomic E-state index is 10.9. The molecule has 0 saturated heterocycles. The van der Waals surface area contributed by atoms with Gasteiger partial charge in [-0.1, -0.05) is 46.8 Å². The summed E-state index contributed by atoms with van der Waals surface area (Å²) in [4.78, 5) is 0. The van der Waals surface area contributed by atoms with Crippen molar-refractivity contribution in [3.63, 3.8) is 0 Å². The molecule has 5 saturated carbocycles. The quantitative estimate of drug-likeness (QED) is 0.452. The summed E-state index contributed by atoms with van der Waals surface area (Å²) >= 11 is 0. The average Bonchev–Trinajstić information content (AvgIpc) is 3.12. The lowest BCUT2D eigenvalue weighted by Gasteiger charge is -2.73. The molecule has 0 radical (unpaired) electrons. The maximum Gasteiger partial charge on any atom is 0.0594 e. The van der Waals surface area contributed by atoms with Crippen LogP contribution in [0.25, 0.3) is 0 Å². The maximum atomic E-state index is 10.9. The standard InChI is InChI=1S/C30H50O2/c1-19(2)20-10-15-30(18-31)17-16-28(6)21(25(20)30)8-9-23-27(5)13-12-24(32)26(3,4)22(27)11-14-29(23,28)7/h20-25,31-32H,1,8-18H2,2-7H3/t20-,21?,22?,23?,24-,25+,27-,28+,29+,30+/m0/s1. The summed E-state index contributed by atoms with van der Waals surface area (Å²) in [5.41, 5.74) is 2.60. The summed E-state index contributed by atoms with van der Waals surface area (Å²) < 4.78 is 0. The van der Waals surface area contributed by atoms with Crippen LogP contribution in [0.4, 0.5) is 0 Å². The molecule has 0 amide bonds. The van der Waals surface area contributed by atoms with Gasteiger partial charge >= 0.3 is 0 Å². The predicted octanol–water partition coefficient (Wildman–Crippen LogP) is 7.00. The fraction of sp³-hybridized carbons (Fsp3) is 0.933. The second-order valence-corrected chi connectivity index (χ2v) is 14.6. The molecular weight excluding hydrogens is 392 g/mol.